The lowest BCUT2D eigenvalue weighted by Gasteiger charge is -2.11. The summed E-state index contributed by atoms with van der Waals surface area (Å²) in [7, 11) is 2.03. The van der Waals surface area contributed by atoms with Gasteiger partial charge >= 0.3 is 0 Å². The van der Waals surface area contributed by atoms with E-state index in [2.05, 4.69) is 67.2 Å². The lowest BCUT2D eigenvalue weighted by Crippen LogP contribution is -2.14. The molecule has 0 aliphatic heterocycles. The van der Waals surface area contributed by atoms with Gasteiger partial charge in [0.1, 0.15) is 12.4 Å². The molecule has 0 aliphatic rings. The number of nitrogens with zero attached hydrogens (tertiary/aromatic N) is 3. The molecule has 0 unspecified atom stereocenters. The van der Waals surface area contributed by atoms with E-state index in [-0.39, 0.29) is 0 Å². The first-order chi connectivity index (χ1) is 13.9. The van der Waals surface area contributed by atoms with Crippen LogP contribution >= 0.6 is 11.3 Å². The smallest absolute Gasteiger partial charge is 0.131 e. The summed E-state index contributed by atoms with van der Waals surface area (Å²) in [5.74, 6) is 0.876. The number of ether oxygens (including phenoxy) is 1. The first-order valence-electron chi connectivity index (χ1n) is 9.92. The Labute approximate surface area is 177 Å². The van der Waals surface area contributed by atoms with Crippen LogP contribution in [0.2, 0.25) is 0 Å². The molecule has 5 heteroatoms. The average Bonchev–Trinajstić information content (AvgIpc) is 3.16. The molecule has 3 rings (SSSR count). The monoisotopic (exact) mass is 407 g/mol. The molecule has 4 nitrogen and oxygen atoms in total. The van der Waals surface area contributed by atoms with Crippen LogP contribution in [-0.4, -0.2) is 29.8 Å². The Balaban J connectivity index is 1.65. The van der Waals surface area contributed by atoms with Crippen LogP contribution in [0.1, 0.15) is 39.9 Å². The number of hydrogen-bond donors (Lipinski definition) is 0. The van der Waals surface area contributed by atoms with Crippen LogP contribution in [0.25, 0.3) is 0 Å². The second kappa shape index (κ2) is 9.70. The molecule has 1 heterocycles. The SMILES string of the molecule is CCN(C)/C=N/c1cc(C)c(Cc2nc(COc3ccc(C)cc3)cs2)cc1C. The third-order valence-electron chi connectivity index (χ3n) is 4.90. The third-order valence-corrected chi connectivity index (χ3v) is 5.79. The highest BCUT2D eigenvalue weighted by Crippen LogP contribution is 2.26. The van der Waals surface area contributed by atoms with E-state index in [4.69, 9.17) is 9.72 Å². The summed E-state index contributed by atoms with van der Waals surface area (Å²) < 4.78 is 5.85. The maximum Gasteiger partial charge on any atom is 0.131 e. The number of hydrogen-bond acceptors (Lipinski definition) is 4. The molecule has 0 saturated heterocycles. The lowest BCUT2D eigenvalue weighted by molar-refractivity contribution is 0.302. The molecule has 3 aromatic rings. The second-order valence-electron chi connectivity index (χ2n) is 7.39. The second-order valence-corrected chi connectivity index (χ2v) is 8.34. The normalized spacial score (nSPS) is 11.2. The Bertz CT molecular complexity index is 976. The molecular weight excluding hydrogens is 378 g/mol. The van der Waals surface area contributed by atoms with Crippen LogP contribution in [0, 0.1) is 20.8 Å². The molecule has 29 heavy (non-hydrogen) atoms. The van der Waals surface area contributed by atoms with Gasteiger partial charge in [-0.25, -0.2) is 9.98 Å². The maximum atomic E-state index is 5.85. The quantitative estimate of drug-likeness (QED) is 0.347. The molecule has 0 aliphatic carbocycles. The zero-order valence-electron chi connectivity index (χ0n) is 17.9. The summed E-state index contributed by atoms with van der Waals surface area (Å²) >= 11 is 1.69. The highest BCUT2D eigenvalue weighted by Gasteiger charge is 2.09. The van der Waals surface area contributed by atoms with Crippen LogP contribution in [0.3, 0.4) is 0 Å². The lowest BCUT2D eigenvalue weighted by atomic mass is 10.0. The molecule has 0 amide bonds. The van der Waals surface area contributed by atoms with Gasteiger partial charge < -0.3 is 9.64 Å². The number of aliphatic imine (C=N–C) groups is 1. The van der Waals surface area contributed by atoms with Gasteiger partial charge in [-0.3, -0.25) is 0 Å². The summed E-state index contributed by atoms with van der Waals surface area (Å²) in [5, 5.41) is 3.20. The van der Waals surface area contributed by atoms with Gasteiger partial charge in [0.15, 0.2) is 0 Å². The van der Waals surface area contributed by atoms with Crippen LogP contribution < -0.4 is 4.74 Å². The molecule has 0 saturated carbocycles. The maximum absolute atomic E-state index is 5.85. The Hall–Kier alpha value is -2.66. The van der Waals surface area contributed by atoms with Gasteiger partial charge in [0.2, 0.25) is 0 Å². The minimum absolute atomic E-state index is 0.496. The molecule has 1 aromatic heterocycles. The van der Waals surface area contributed by atoms with Crippen LogP contribution in [0.5, 0.6) is 5.75 Å². The van der Waals surface area contributed by atoms with E-state index in [0.29, 0.717) is 6.61 Å². The van der Waals surface area contributed by atoms with Crippen molar-refractivity contribution >= 4 is 23.4 Å². The zero-order valence-corrected chi connectivity index (χ0v) is 18.7. The van der Waals surface area contributed by atoms with Crippen molar-refractivity contribution in [1.29, 1.82) is 0 Å². The fraction of sp³-hybridized carbons (Fsp3) is 0.333. The topological polar surface area (TPSA) is 37.7 Å². The summed E-state index contributed by atoms with van der Waals surface area (Å²) in [4.78, 5) is 11.4. The summed E-state index contributed by atoms with van der Waals surface area (Å²) in [6.45, 7) is 9.89. The molecule has 0 spiro atoms. The van der Waals surface area contributed by atoms with Crippen molar-refractivity contribution in [3.05, 3.63) is 74.7 Å². The Morgan fingerprint density at radius 1 is 1.10 bits per heavy atom. The minimum atomic E-state index is 0.496. The van der Waals surface area contributed by atoms with Gasteiger partial charge in [0.25, 0.3) is 0 Å². The van der Waals surface area contributed by atoms with E-state index in [1.807, 2.05) is 25.5 Å². The van der Waals surface area contributed by atoms with Gasteiger partial charge in [-0.1, -0.05) is 23.8 Å². The van der Waals surface area contributed by atoms with E-state index in [0.717, 1.165) is 35.1 Å². The van der Waals surface area contributed by atoms with Crippen molar-refractivity contribution < 1.29 is 4.74 Å². The predicted octanol–water partition coefficient (Wildman–Crippen LogP) is 5.85. The van der Waals surface area contributed by atoms with E-state index in [1.54, 1.807) is 11.3 Å². The van der Waals surface area contributed by atoms with Crippen molar-refractivity contribution in [2.75, 3.05) is 13.6 Å². The Morgan fingerprint density at radius 3 is 2.59 bits per heavy atom. The van der Waals surface area contributed by atoms with Crippen molar-refractivity contribution in [2.24, 2.45) is 4.99 Å². The van der Waals surface area contributed by atoms with Crippen molar-refractivity contribution in [2.45, 2.75) is 40.7 Å². The largest absolute Gasteiger partial charge is 0.487 e. The van der Waals surface area contributed by atoms with Gasteiger partial charge in [-0.2, -0.15) is 0 Å². The number of aryl methyl sites for hydroxylation is 3. The van der Waals surface area contributed by atoms with E-state index in [1.165, 1.54) is 22.3 Å². The summed E-state index contributed by atoms with van der Waals surface area (Å²) in [6.07, 6.45) is 2.73. The van der Waals surface area contributed by atoms with Gasteiger partial charge in [0, 0.05) is 25.4 Å². The fourth-order valence-corrected chi connectivity index (χ4v) is 3.69. The van der Waals surface area contributed by atoms with E-state index < -0.39 is 0 Å². The van der Waals surface area contributed by atoms with Crippen LogP contribution in [-0.2, 0) is 13.0 Å². The van der Waals surface area contributed by atoms with Gasteiger partial charge in [-0.15, -0.1) is 11.3 Å². The average molecular weight is 408 g/mol. The predicted molar refractivity (Wildman–Crippen MR) is 123 cm³/mol. The van der Waals surface area contributed by atoms with Crippen molar-refractivity contribution in [3.8, 4) is 5.75 Å². The fourth-order valence-electron chi connectivity index (χ4n) is 2.88. The highest BCUT2D eigenvalue weighted by atomic mass is 32.1. The number of rotatable bonds is 8. The van der Waals surface area contributed by atoms with Crippen LogP contribution in [0.4, 0.5) is 5.69 Å². The van der Waals surface area contributed by atoms with Gasteiger partial charge in [0.05, 0.1) is 22.7 Å². The summed E-state index contributed by atoms with van der Waals surface area (Å²) in [6, 6.07) is 12.5. The molecule has 152 valence electrons. The molecule has 0 fully saturated rings. The molecule has 0 N–H and O–H groups in total. The minimum Gasteiger partial charge on any atom is -0.487 e. The standard InChI is InChI=1S/C24H29N3OS/c1-6-27(5)16-25-23-12-18(3)20(11-19(23)4)13-24-26-21(15-29-24)14-28-22-9-7-17(2)8-10-22/h7-12,15-16H,6,13-14H2,1-5H3/b25-16+. The number of thiazole rings is 1. The number of benzene rings is 2. The van der Waals surface area contributed by atoms with Crippen LogP contribution in [0.15, 0.2) is 46.8 Å². The van der Waals surface area contributed by atoms with E-state index in [9.17, 15) is 0 Å². The Morgan fingerprint density at radius 2 is 1.86 bits per heavy atom. The molecule has 0 atom stereocenters. The van der Waals surface area contributed by atoms with Crippen molar-refractivity contribution in [3.63, 3.8) is 0 Å². The number of aromatic nitrogens is 1. The highest BCUT2D eigenvalue weighted by molar-refractivity contribution is 7.09. The Kier molecular flexibility index (Phi) is 7.04. The van der Waals surface area contributed by atoms with E-state index >= 15 is 0 Å². The molecule has 0 bridgehead atoms. The first-order valence-corrected chi connectivity index (χ1v) is 10.8. The van der Waals surface area contributed by atoms with Gasteiger partial charge in [-0.05, 0) is 62.6 Å². The molecular formula is C24H29N3OS. The van der Waals surface area contributed by atoms with Crippen molar-refractivity contribution in [1.82, 2.24) is 9.88 Å². The first kappa shape index (κ1) is 21.1. The summed E-state index contributed by atoms with van der Waals surface area (Å²) in [5.41, 5.74) is 6.96. The zero-order chi connectivity index (χ0) is 20.8. The third kappa shape index (κ3) is 5.91. The molecule has 0 radical (unpaired) electrons. The molecule has 2 aromatic carbocycles.